The molecule has 0 spiro atoms. The van der Waals surface area contributed by atoms with Gasteiger partial charge in [0.1, 0.15) is 16.4 Å². The largest absolute Gasteiger partial charge is 0.478 e. The Hall–Kier alpha value is -1.63. The van der Waals surface area contributed by atoms with Gasteiger partial charge in [-0.05, 0) is 20.8 Å². The van der Waals surface area contributed by atoms with Crippen molar-refractivity contribution in [2.45, 2.75) is 25.8 Å². The highest BCUT2D eigenvalue weighted by molar-refractivity contribution is 8.00. The number of hydrogen-bond donors (Lipinski definition) is 1. The Balaban J connectivity index is 2.93. The van der Waals surface area contributed by atoms with Gasteiger partial charge in [0.15, 0.2) is 0 Å². The highest BCUT2D eigenvalue weighted by Gasteiger charge is 2.18. The number of esters is 1. The van der Waals surface area contributed by atoms with Gasteiger partial charge in [-0.1, -0.05) is 11.8 Å². The molecule has 0 bridgehead atoms. The van der Waals surface area contributed by atoms with Gasteiger partial charge in [0.25, 0.3) is 0 Å². The van der Waals surface area contributed by atoms with E-state index in [2.05, 4.69) is 9.97 Å². The van der Waals surface area contributed by atoms with Gasteiger partial charge in [-0.2, -0.15) is 0 Å². The molecule has 0 unspecified atom stereocenters. The van der Waals surface area contributed by atoms with Crippen molar-refractivity contribution in [1.29, 1.82) is 0 Å². The molecule has 0 radical (unpaired) electrons. The molecule has 1 N–H and O–H groups in total. The van der Waals surface area contributed by atoms with Crippen LogP contribution in [0.4, 0.5) is 0 Å². The Labute approximate surface area is 109 Å². The van der Waals surface area contributed by atoms with Crippen LogP contribution >= 0.6 is 11.8 Å². The Morgan fingerprint density at radius 2 is 2.00 bits per heavy atom. The molecular formula is C11H14N2O4S. The lowest BCUT2D eigenvalue weighted by Crippen LogP contribution is -2.11. The van der Waals surface area contributed by atoms with E-state index in [9.17, 15) is 9.59 Å². The Kier molecular flexibility index (Phi) is 5.08. The van der Waals surface area contributed by atoms with Crippen molar-refractivity contribution in [3.05, 3.63) is 17.1 Å². The van der Waals surface area contributed by atoms with E-state index in [1.165, 1.54) is 0 Å². The second kappa shape index (κ2) is 6.34. The fourth-order valence-electron chi connectivity index (χ4n) is 1.36. The normalized spacial score (nSPS) is 10.2. The van der Waals surface area contributed by atoms with Crippen LogP contribution in [0.2, 0.25) is 0 Å². The van der Waals surface area contributed by atoms with Crippen LogP contribution in [0.15, 0.2) is 5.03 Å². The summed E-state index contributed by atoms with van der Waals surface area (Å²) < 4.78 is 4.77. The number of aromatic nitrogens is 2. The van der Waals surface area contributed by atoms with Crippen LogP contribution in [0.1, 0.15) is 28.8 Å². The topological polar surface area (TPSA) is 89.4 Å². The zero-order valence-electron chi connectivity index (χ0n) is 10.4. The smallest absolute Gasteiger partial charge is 0.340 e. The molecular weight excluding hydrogens is 256 g/mol. The van der Waals surface area contributed by atoms with E-state index in [1.807, 2.05) is 0 Å². The van der Waals surface area contributed by atoms with Crippen LogP contribution in [0, 0.1) is 13.8 Å². The maximum absolute atomic E-state index is 11.2. The minimum absolute atomic E-state index is 0.0318. The lowest BCUT2D eigenvalue weighted by Gasteiger charge is -2.08. The van der Waals surface area contributed by atoms with E-state index in [1.54, 1.807) is 20.8 Å². The summed E-state index contributed by atoms with van der Waals surface area (Å²) in [4.78, 5) is 30.4. The molecule has 0 amide bonds. The van der Waals surface area contributed by atoms with E-state index in [0.29, 0.717) is 23.2 Å². The number of carbonyl (C=O) groups excluding carboxylic acids is 1. The van der Waals surface area contributed by atoms with Crippen molar-refractivity contribution in [3.63, 3.8) is 0 Å². The third kappa shape index (κ3) is 3.69. The number of carboxylic acid groups (broad SMARTS) is 1. The molecule has 6 nitrogen and oxygen atoms in total. The monoisotopic (exact) mass is 270 g/mol. The summed E-state index contributed by atoms with van der Waals surface area (Å²) in [7, 11) is 0. The molecule has 1 aromatic rings. The average molecular weight is 270 g/mol. The molecule has 1 rings (SSSR count). The first-order chi connectivity index (χ1) is 8.45. The molecule has 0 atom stereocenters. The summed E-state index contributed by atoms with van der Waals surface area (Å²) in [5.41, 5.74) is 0.427. The summed E-state index contributed by atoms with van der Waals surface area (Å²) in [6, 6.07) is 0. The maximum Gasteiger partial charge on any atom is 0.340 e. The van der Waals surface area contributed by atoms with Gasteiger partial charge < -0.3 is 9.84 Å². The molecule has 18 heavy (non-hydrogen) atoms. The maximum atomic E-state index is 11.2. The number of aryl methyl sites for hydroxylation is 2. The van der Waals surface area contributed by atoms with E-state index < -0.39 is 11.9 Å². The van der Waals surface area contributed by atoms with Crippen molar-refractivity contribution in [2.24, 2.45) is 0 Å². The van der Waals surface area contributed by atoms with E-state index >= 15 is 0 Å². The van der Waals surface area contributed by atoms with Gasteiger partial charge in [0.05, 0.1) is 18.1 Å². The summed E-state index contributed by atoms with van der Waals surface area (Å²) in [5.74, 6) is -0.986. The molecule has 98 valence electrons. The summed E-state index contributed by atoms with van der Waals surface area (Å²) >= 11 is 1.05. The number of hydrogen-bond acceptors (Lipinski definition) is 6. The Morgan fingerprint density at radius 1 is 1.33 bits per heavy atom. The van der Waals surface area contributed by atoms with Crippen LogP contribution in [0.5, 0.6) is 0 Å². The van der Waals surface area contributed by atoms with Gasteiger partial charge in [0, 0.05) is 0 Å². The summed E-state index contributed by atoms with van der Waals surface area (Å²) in [5, 5.41) is 9.39. The first-order valence-electron chi connectivity index (χ1n) is 5.32. The number of carbonyl (C=O) groups is 2. The molecule has 0 aromatic carbocycles. The molecule has 0 saturated carbocycles. The van der Waals surface area contributed by atoms with Crippen LogP contribution in [-0.4, -0.2) is 39.4 Å². The zero-order chi connectivity index (χ0) is 13.7. The van der Waals surface area contributed by atoms with Crippen LogP contribution < -0.4 is 0 Å². The number of rotatable bonds is 5. The van der Waals surface area contributed by atoms with Crippen LogP contribution in [0.25, 0.3) is 0 Å². The number of nitrogens with zero attached hydrogens (tertiary/aromatic N) is 2. The molecule has 0 aliphatic carbocycles. The number of aromatic carboxylic acids is 1. The van der Waals surface area contributed by atoms with Crippen molar-refractivity contribution in [2.75, 3.05) is 12.4 Å². The van der Waals surface area contributed by atoms with Crippen molar-refractivity contribution >= 4 is 23.7 Å². The minimum Gasteiger partial charge on any atom is -0.478 e. The highest BCUT2D eigenvalue weighted by Crippen LogP contribution is 2.22. The zero-order valence-corrected chi connectivity index (χ0v) is 11.2. The Morgan fingerprint density at radius 3 is 2.56 bits per heavy atom. The number of thioether (sulfide) groups is 1. The molecule has 0 saturated heterocycles. The van der Waals surface area contributed by atoms with Crippen molar-refractivity contribution in [3.8, 4) is 0 Å². The quantitative estimate of drug-likeness (QED) is 0.492. The van der Waals surface area contributed by atoms with Gasteiger partial charge in [-0.3, -0.25) is 4.79 Å². The first-order valence-corrected chi connectivity index (χ1v) is 6.31. The standard InChI is InChI=1S/C11H14N2O4S/c1-4-17-8(14)5-18-10-9(11(15)16)6(2)12-7(3)13-10/h4-5H2,1-3H3,(H,15,16). The fraction of sp³-hybridized carbons (Fsp3) is 0.455. The average Bonchev–Trinajstić information content (AvgIpc) is 2.25. The number of carboxylic acids is 1. The second-order valence-electron chi connectivity index (χ2n) is 3.44. The molecule has 0 aliphatic heterocycles. The summed E-state index contributed by atoms with van der Waals surface area (Å²) in [6.07, 6.45) is 0. The molecule has 0 fully saturated rings. The lowest BCUT2D eigenvalue weighted by atomic mass is 10.2. The van der Waals surface area contributed by atoms with Crippen LogP contribution in [0.3, 0.4) is 0 Å². The molecule has 1 aromatic heterocycles. The van der Waals surface area contributed by atoms with Crippen LogP contribution in [-0.2, 0) is 9.53 Å². The number of ether oxygens (including phenoxy) is 1. The second-order valence-corrected chi connectivity index (χ2v) is 4.40. The van der Waals surface area contributed by atoms with Gasteiger partial charge >= 0.3 is 11.9 Å². The molecule has 0 aliphatic rings. The van der Waals surface area contributed by atoms with Gasteiger partial charge in [-0.15, -0.1) is 0 Å². The third-order valence-electron chi connectivity index (χ3n) is 2.01. The van der Waals surface area contributed by atoms with Crippen molar-refractivity contribution in [1.82, 2.24) is 9.97 Å². The Bertz CT molecular complexity index is 476. The first kappa shape index (κ1) is 14.4. The van der Waals surface area contributed by atoms with E-state index in [0.717, 1.165) is 11.8 Å². The van der Waals surface area contributed by atoms with E-state index in [-0.39, 0.29) is 11.3 Å². The third-order valence-corrected chi connectivity index (χ3v) is 2.96. The molecule has 1 heterocycles. The highest BCUT2D eigenvalue weighted by atomic mass is 32.2. The lowest BCUT2D eigenvalue weighted by molar-refractivity contribution is -0.139. The van der Waals surface area contributed by atoms with Crippen molar-refractivity contribution < 1.29 is 19.4 Å². The van der Waals surface area contributed by atoms with E-state index in [4.69, 9.17) is 9.84 Å². The predicted molar refractivity (Wildman–Crippen MR) is 65.8 cm³/mol. The van der Waals surface area contributed by atoms with Gasteiger partial charge in [0.2, 0.25) is 0 Å². The summed E-state index contributed by atoms with van der Waals surface area (Å²) in [6.45, 7) is 5.29. The minimum atomic E-state index is -1.10. The van der Waals surface area contributed by atoms with Gasteiger partial charge in [-0.25, -0.2) is 14.8 Å². The SMILES string of the molecule is CCOC(=O)CSc1nc(C)nc(C)c1C(=O)O. The fourth-order valence-corrected chi connectivity index (χ4v) is 2.28. The predicted octanol–water partition coefficient (Wildman–Crippen LogP) is 1.45. The molecule has 7 heteroatoms.